The van der Waals surface area contributed by atoms with Crippen molar-refractivity contribution in [1.82, 2.24) is 4.72 Å². The number of hydrogen-bond donors (Lipinski definition) is 2. The number of rotatable bonds is 5. The first kappa shape index (κ1) is 15.6. The molecule has 0 fully saturated rings. The average Bonchev–Trinajstić information content (AvgIpc) is 2.46. The normalized spacial score (nSPS) is 11.6. The van der Waals surface area contributed by atoms with Crippen LogP contribution in [0.1, 0.15) is 16.7 Å². The van der Waals surface area contributed by atoms with Crippen LogP contribution in [0.2, 0.25) is 0 Å². The molecular formula is C15H16FNO3S. The molecule has 21 heavy (non-hydrogen) atoms. The molecule has 0 aromatic heterocycles. The summed E-state index contributed by atoms with van der Waals surface area (Å²) >= 11 is 0. The number of benzene rings is 2. The molecule has 0 saturated heterocycles. The van der Waals surface area contributed by atoms with Gasteiger partial charge in [-0.3, -0.25) is 0 Å². The lowest BCUT2D eigenvalue weighted by Crippen LogP contribution is -2.25. The topological polar surface area (TPSA) is 66.4 Å². The van der Waals surface area contributed by atoms with Crippen molar-refractivity contribution in [1.29, 1.82) is 0 Å². The van der Waals surface area contributed by atoms with Crippen LogP contribution in [0.3, 0.4) is 0 Å². The highest BCUT2D eigenvalue weighted by Gasteiger charge is 2.19. The van der Waals surface area contributed by atoms with E-state index < -0.39 is 22.4 Å². The molecule has 112 valence electrons. The predicted octanol–water partition coefficient (Wildman–Crippen LogP) is 2.10. The van der Waals surface area contributed by atoms with Crippen molar-refractivity contribution < 1.29 is 17.9 Å². The molecule has 2 N–H and O–H groups in total. The van der Waals surface area contributed by atoms with Gasteiger partial charge in [0.2, 0.25) is 10.0 Å². The van der Waals surface area contributed by atoms with Crippen LogP contribution in [0.15, 0.2) is 47.4 Å². The Kier molecular flexibility index (Phi) is 4.72. The summed E-state index contributed by atoms with van der Waals surface area (Å²) in [5.74, 6) is -0.663. The highest BCUT2D eigenvalue weighted by Crippen LogP contribution is 2.18. The molecule has 0 amide bonds. The van der Waals surface area contributed by atoms with Gasteiger partial charge in [-0.1, -0.05) is 30.3 Å². The minimum absolute atomic E-state index is 0.108. The molecule has 4 nitrogen and oxygen atoms in total. The van der Waals surface area contributed by atoms with Crippen molar-refractivity contribution in [3.8, 4) is 0 Å². The zero-order valence-electron chi connectivity index (χ0n) is 11.5. The summed E-state index contributed by atoms with van der Waals surface area (Å²) in [6, 6.07) is 10.7. The molecule has 0 radical (unpaired) electrons. The maximum atomic E-state index is 13.3. The van der Waals surface area contributed by atoms with Gasteiger partial charge in [0.15, 0.2) is 0 Å². The van der Waals surface area contributed by atoms with Gasteiger partial charge in [0.05, 0.1) is 11.5 Å². The van der Waals surface area contributed by atoms with Gasteiger partial charge in [-0.25, -0.2) is 17.5 Å². The lowest BCUT2D eigenvalue weighted by atomic mass is 10.1. The minimum atomic E-state index is -3.89. The van der Waals surface area contributed by atoms with E-state index in [4.69, 9.17) is 0 Å². The van der Waals surface area contributed by atoms with Gasteiger partial charge in [-0.15, -0.1) is 0 Å². The fraction of sp³-hybridized carbons (Fsp3) is 0.200. The summed E-state index contributed by atoms with van der Waals surface area (Å²) < 4.78 is 40.2. The Labute approximate surface area is 123 Å². The molecule has 2 rings (SSSR count). The van der Waals surface area contributed by atoms with E-state index in [2.05, 4.69) is 4.72 Å². The van der Waals surface area contributed by atoms with Crippen molar-refractivity contribution in [2.45, 2.75) is 25.0 Å². The molecule has 0 atom stereocenters. The van der Waals surface area contributed by atoms with E-state index in [1.54, 1.807) is 0 Å². The van der Waals surface area contributed by atoms with Gasteiger partial charge in [0, 0.05) is 6.54 Å². The quantitative estimate of drug-likeness (QED) is 0.889. The van der Waals surface area contributed by atoms with Crippen molar-refractivity contribution in [2.24, 2.45) is 0 Å². The van der Waals surface area contributed by atoms with Crippen molar-refractivity contribution in [2.75, 3.05) is 0 Å². The number of aliphatic hydroxyl groups is 1. The SMILES string of the molecule is Cc1ccccc1CNS(=O)(=O)c1cc(F)ccc1CO. The summed E-state index contributed by atoms with van der Waals surface area (Å²) in [6.07, 6.45) is 0. The van der Waals surface area contributed by atoms with E-state index in [0.717, 1.165) is 23.3 Å². The van der Waals surface area contributed by atoms with Crippen LogP contribution in [-0.4, -0.2) is 13.5 Å². The largest absolute Gasteiger partial charge is 0.392 e. The first-order chi connectivity index (χ1) is 9.94. The van der Waals surface area contributed by atoms with Gasteiger partial charge in [-0.05, 0) is 35.7 Å². The van der Waals surface area contributed by atoms with E-state index >= 15 is 0 Å². The molecule has 0 aliphatic heterocycles. The first-order valence-corrected chi connectivity index (χ1v) is 7.86. The predicted molar refractivity (Wildman–Crippen MR) is 77.5 cm³/mol. The molecular weight excluding hydrogens is 293 g/mol. The molecule has 0 bridgehead atoms. The van der Waals surface area contributed by atoms with E-state index in [0.29, 0.717) is 0 Å². The van der Waals surface area contributed by atoms with Gasteiger partial charge < -0.3 is 5.11 Å². The van der Waals surface area contributed by atoms with Crippen LogP contribution in [0.5, 0.6) is 0 Å². The van der Waals surface area contributed by atoms with E-state index in [1.165, 1.54) is 6.07 Å². The lowest BCUT2D eigenvalue weighted by Gasteiger charge is -2.11. The van der Waals surface area contributed by atoms with Crippen molar-refractivity contribution in [3.63, 3.8) is 0 Å². The molecule has 0 heterocycles. The van der Waals surface area contributed by atoms with Crippen LogP contribution < -0.4 is 4.72 Å². The van der Waals surface area contributed by atoms with Crippen LogP contribution in [-0.2, 0) is 23.2 Å². The van der Waals surface area contributed by atoms with Crippen molar-refractivity contribution in [3.05, 3.63) is 65.0 Å². The molecule has 2 aromatic carbocycles. The van der Waals surface area contributed by atoms with E-state index in [1.807, 2.05) is 31.2 Å². The molecule has 0 unspecified atom stereocenters. The highest BCUT2D eigenvalue weighted by molar-refractivity contribution is 7.89. The zero-order chi connectivity index (χ0) is 15.5. The van der Waals surface area contributed by atoms with Crippen LogP contribution in [0.25, 0.3) is 0 Å². The molecule has 0 saturated carbocycles. The second-order valence-electron chi connectivity index (χ2n) is 4.66. The Morgan fingerprint density at radius 1 is 1.14 bits per heavy atom. The Bertz CT molecular complexity index is 744. The Hall–Kier alpha value is -1.76. The summed E-state index contributed by atoms with van der Waals surface area (Å²) in [5, 5.41) is 9.19. The van der Waals surface area contributed by atoms with Crippen LogP contribution in [0, 0.1) is 12.7 Å². The average molecular weight is 309 g/mol. The molecule has 0 spiro atoms. The third-order valence-corrected chi connectivity index (χ3v) is 4.69. The number of hydrogen-bond acceptors (Lipinski definition) is 3. The van der Waals surface area contributed by atoms with E-state index in [9.17, 15) is 17.9 Å². The summed E-state index contributed by atoms with van der Waals surface area (Å²) in [4.78, 5) is -0.237. The van der Waals surface area contributed by atoms with E-state index in [-0.39, 0.29) is 17.0 Å². The highest BCUT2D eigenvalue weighted by atomic mass is 32.2. The molecule has 0 aliphatic carbocycles. The van der Waals surface area contributed by atoms with Gasteiger partial charge in [-0.2, -0.15) is 0 Å². The fourth-order valence-corrected chi connectivity index (χ4v) is 3.21. The third kappa shape index (κ3) is 3.66. The molecule has 0 aliphatic rings. The number of aliphatic hydroxyl groups excluding tert-OH is 1. The monoisotopic (exact) mass is 309 g/mol. The Morgan fingerprint density at radius 3 is 2.52 bits per heavy atom. The molecule has 6 heteroatoms. The lowest BCUT2D eigenvalue weighted by molar-refractivity contribution is 0.278. The van der Waals surface area contributed by atoms with Crippen molar-refractivity contribution >= 4 is 10.0 Å². The van der Waals surface area contributed by atoms with Gasteiger partial charge >= 0.3 is 0 Å². The second-order valence-corrected chi connectivity index (χ2v) is 6.40. The number of sulfonamides is 1. The third-order valence-electron chi connectivity index (χ3n) is 3.20. The number of halogens is 1. The van der Waals surface area contributed by atoms with Gasteiger partial charge in [0.1, 0.15) is 5.82 Å². The molecule has 2 aromatic rings. The smallest absolute Gasteiger partial charge is 0.241 e. The summed E-state index contributed by atoms with van der Waals surface area (Å²) in [6.45, 7) is 1.52. The number of nitrogens with one attached hydrogen (secondary N) is 1. The summed E-state index contributed by atoms with van der Waals surface area (Å²) in [7, 11) is -3.89. The van der Waals surface area contributed by atoms with Gasteiger partial charge in [0.25, 0.3) is 0 Å². The number of aryl methyl sites for hydroxylation is 1. The minimum Gasteiger partial charge on any atom is -0.392 e. The standard InChI is InChI=1S/C15H16FNO3S/c1-11-4-2-3-5-12(11)9-17-21(19,20)15-8-14(16)7-6-13(15)10-18/h2-8,17-18H,9-10H2,1H3. The summed E-state index contributed by atoms with van der Waals surface area (Å²) in [5.41, 5.74) is 1.96. The van der Waals surface area contributed by atoms with Crippen LogP contribution in [0.4, 0.5) is 4.39 Å². The Morgan fingerprint density at radius 2 is 1.86 bits per heavy atom. The second kappa shape index (κ2) is 6.34. The maximum Gasteiger partial charge on any atom is 0.241 e. The first-order valence-electron chi connectivity index (χ1n) is 6.37. The zero-order valence-corrected chi connectivity index (χ0v) is 12.3. The van der Waals surface area contributed by atoms with Crippen LogP contribution >= 0.6 is 0 Å². The maximum absolute atomic E-state index is 13.3. The fourth-order valence-electron chi connectivity index (χ4n) is 1.97. The Balaban J connectivity index is 2.27.